The molecule has 5 atom stereocenters. The first-order valence-corrected chi connectivity index (χ1v) is 11.1. The molecule has 3 aliphatic heterocycles. The van der Waals surface area contributed by atoms with Gasteiger partial charge in [-0.25, -0.2) is 9.59 Å². The van der Waals surface area contributed by atoms with Crippen LogP contribution in [0.5, 0.6) is 0 Å². The highest BCUT2D eigenvalue weighted by Crippen LogP contribution is 2.51. The Morgan fingerprint density at radius 1 is 1.22 bits per heavy atom. The summed E-state index contributed by atoms with van der Waals surface area (Å²) in [4.78, 5) is 51.7. The first kappa shape index (κ1) is 22.3. The highest BCUT2D eigenvalue weighted by atomic mass is 32.2. The molecular weight excluding hydrogens is 434 g/mol. The number of amides is 2. The van der Waals surface area contributed by atoms with Crippen molar-refractivity contribution < 1.29 is 28.7 Å². The van der Waals surface area contributed by atoms with Gasteiger partial charge in [0.1, 0.15) is 23.5 Å². The van der Waals surface area contributed by atoms with E-state index in [0.717, 1.165) is 0 Å². The number of carbonyl (C=O) groups excluding carboxylic acids is 4. The van der Waals surface area contributed by atoms with Crippen LogP contribution in [0.3, 0.4) is 0 Å². The molecule has 3 heterocycles. The zero-order valence-electron chi connectivity index (χ0n) is 18.2. The molecule has 0 spiro atoms. The third-order valence-corrected chi connectivity index (χ3v) is 7.66. The molecule has 2 saturated heterocycles. The molecule has 4 rings (SSSR count). The molecule has 2 unspecified atom stereocenters. The van der Waals surface area contributed by atoms with E-state index in [1.54, 1.807) is 38.1 Å². The van der Waals surface area contributed by atoms with Gasteiger partial charge in [0.05, 0.1) is 0 Å². The summed E-state index contributed by atoms with van der Waals surface area (Å²) >= 11 is 1.40. The molecule has 0 saturated carbocycles. The van der Waals surface area contributed by atoms with Gasteiger partial charge in [0.15, 0.2) is 0 Å². The van der Waals surface area contributed by atoms with Crippen LogP contribution in [0.1, 0.15) is 39.3 Å². The van der Waals surface area contributed by atoms with E-state index in [0.29, 0.717) is 16.7 Å². The maximum Gasteiger partial charge on any atom is 0.337 e. The summed E-state index contributed by atoms with van der Waals surface area (Å²) in [6, 6.07) is 6.30. The minimum absolute atomic E-state index is 0.379. The molecule has 1 aromatic rings. The molecule has 0 aliphatic carbocycles. The maximum absolute atomic E-state index is 13.0. The molecular formula is C22H25N3O6S. The van der Waals surface area contributed by atoms with E-state index in [1.807, 2.05) is 19.9 Å². The van der Waals surface area contributed by atoms with Crippen LogP contribution < -0.4 is 11.1 Å². The number of hydrogen-bond acceptors (Lipinski definition) is 8. The smallest absolute Gasteiger partial charge is 0.337 e. The number of rotatable bonds is 5. The fraction of sp³-hybridized carbons (Fsp3) is 0.455. The van der Waals surface area contributed by atoms with Crippen molar-refractivity contribution in [1.82, 2.24) is 10.2 Å². The fourth-order valence-electron chi connectivity index (χ4n) is 4.08. The second kappa shape index (κ2) is 7.93. The Morgan fingerprint density at radius 2 is 1.88 bits per heavy atom. The van der Waals surface area contributed by atoms with Gasteiger partial charge in [-0.15, -0.1) is 11.8 Å². The number of benzene rings is 1. The molecule has 0 aromatic heterocycles. The average Bonchev–Trinajstić information content (AvgIpc) is 3.16. The minimum Gasteiger partial charge on any atom is -0.419 e. The SMILES string of the molecule is CC1=C(C)C(OC(=O)[C@@H]2N3C(=O)[C@@H](NC(=O)C(N)c4ccccc4)[C@H]3SC2(C)C)OC1=O. The van der Waals surface area contributed by atoms with E-state index in [4.69, 9.17) is 15.2 Å². The van der Waals surface area contributed by atoms with Gasteiger partial charge < -0.3 is 25.4 Å². The molecule has 9 nitrogen and oxygen atoms in total. The Hall–Kier alpha value is -2.85. The molecule has 32 heavy (non-hydrogen) atoms. The lowest BCUT2D eigenvalue weighted by atomic mass is 9.95. The van der Waals surface area contributed by atoms with E-state index in [2.05, 4.69) is 5.32 Å². The predicted octanol–water partition coefficient (Wildman–Crippen LogP) is 0.996. The third-order valence-electron chi connectivity index (χ3n) is 6.09. The first-order valence-electron chi connectivity index (χ1n) is 10.2. The van der Waals surface area contributed by atoms with Crippen LogP contribution in [0.25, 0.3) is 0 Å². The highest BCUT2D eigenvalue weighted by molar-refractivity contribution is 8.01. The fourth-order valence-corrected chi connectivity index (χ4v) is 5.70. The second-order valence-corrected chi connectivity index (χ2v) is 10.4. The molecule has 0 radical (unpaired) electrons. The second-order valence-electron chi connectivity index (χ2n) is 8.62. The van der Waals surface area contributed by atoms with Crippen LogP contribution in [-0.2, 0) is 28.7 Å². The highest BCUT2D eigenvalue weighted by Gasteiger charge is 2.65. The monoisotopic (exact) mass is 459 g/mol. The maximum atomic E-state index is 13.0. The number of hydrogen-bond donors (Lipinski definition) is 2. The van der Waals surface area contributed by atoms with Crippen LogP contribution in [0.15, 0.2) is 41.5 Å². The van der Waals surface area contributed by atoms with Gasteiger partial charge >= 0.3 is 11.9 Å². The Morgan fingerprint density at radius 3 is 2.47 bits per heavy atom. The van der Waals surface area contributed by atoms with E-state index >= 15 is 0 Å². The van der Waals surface area contributed by atoms with Crippen molar-refractivity contribution in [1.29, 1.82) is 0 Å². The molecule has 2 amide bonds. The summed E-state index contributed by atoms with van der Waals surface area (Å²) in [6.45, 7) is 6.92. The van der Waals surface area contributed by atoms with E-state index in [9.17, 15) is 19.2 Å². The lowest BCUT2D eigenvalue weighted by Crippen LogP contribution is -2.71. The first-order chi connectivity index (χ1) is 15.0. The Kier molecular flexibility index (Phi) is 5.54. The normalized spacial score (nSPS) is 29.2. The quantitative estimate of drug-likeness (QED) is 0.493. The van der Waals surface area contributed by atoms with Crippen molar-refractivity contribution in [2.45, 2.75) is 62.2 Å². The van der Waals surface area contributed by atoms with Crippen LogP contribution in [0, 0.1) is 0 Å². The van der Waals surface area contributed by atoms with Gasteiger partial charge in [-0.05, 0) is 33.3 Å². The van der Waals surface area contributed by atoms with Crippen LogP contribution >= 0.6 is 11.8 Å². The molecule has 3 aliphatic rings. The molecule has 170 valence electrons. The van der Waals surface area contributed by atoms with Crippen LogP contribution in [0.4, 0.5) is 0 Å². The summed E-state index contributed by atoms with van der Waals surface area (Å²) in [5.41, 5.74) is 7.61. The van der Waals surface area contributed by atoms with Crippen LogP contribution in [-0.4, -0.2) is 57.1 Å². The van der Waals surface area contributed by atoms with Gasteiger partial charge in [0.25, 0.3) is 6.29 Å². The predicted molar refractivity (Wildman–Crippen MR) is 116 cm³/mol. The van der Waals surface area contributed by atoms with Gasteiger partial charge in [0, 0.05) is 15.9 Å². The standard InChI is InChI=1S/C22H25N3O6S/c1-10-11(2)21(30-19(10)28)31-20(29)15-22(3,4)32-18-14(17(27)25(15)18)24-16(26)13(23)12-8-6-5-7-9-12/h5-9,13-15,18,21H,23H2,1-4H3,(H,24,26)/t13?,14-,15+,18-,21?/m1/s1. The number of thioether (sulfide) groups is 1. The molecule has 0 bridgehead atoms. The third kappa shape index (κ3) is 3.57. The van der Waals surface area contributed by atoms with Crippen molar-refractivity contribution >= 4 is 35.5 Å². The zero-order chi connectivity index (χ0) is 23.4. The number of carbonyl (C=O) groups is 4. The van der Waals surface area contributed by atoms with Crippen LogP contribution in [0.2, 0.25) is 0 Å². The van der Waals surface area contributed by atoms with E-state index in [-0.39, 0.29) is 5.91 Å². The molecule has 1 aromatic carbocycles. The summed E-state index contributed by atoms with van der Waals surface area (Å²) in [5.74, 6) is -2.03. The number of ether oxygens (including phenoxy) is 2. The molecule has 3 N–H and O–H groups in total. The van der Waals surface area contributed by atoms with Crippen molar-refractivity contribution in [3.63, 3.8) is 0 Å². The number of fused-ring (bicyclic) bond motifs is 1. The van der Waals surface area contributed by atoms with Gasteiger partial charge in [-0.1, -0.05) is 30.3 Å². The Bertz CT molecular complexity index is 1020. The number of esters is 2. The molecule has 2 fully saturated rings. The van der Waals surface area contributed by atoms with E-state index in [1.165, 1.54) is 16.7 Å². The zero-order valence-corrected chi connectivity index (χ0v) is 19.0. The summed E-state index contributed by atoms with van der Waals surface area (Å²) < 4.78 is 9.87. The minimum atomic E-state index is -1.09. The lowest BCUT2D eigenvalue weighted by Gasteiger charge is -2.44. The van der Waals surface area contributed by atoms with Crippen molar-refractivity contribution in [3.05, 3.63) is 47.0 Å². The number of β-lactam (4-membered cyclic amide) rings is 1. The number of cyclic esters (lactones) is 1. The van der Waals surface area contributed by atoms with Crippen molar-refractivity contribution in [3.8, 4) is 0 Å². The number of nitrogens with one attached hydrogen (secondary N) is 1. The molecule has 10 heteroatoms. The van der Waals surface area contributed by atoms with Gasteiger partial charge in [-0.3, -0.25) is 9.59 Å². The number of nitrogens with two attached hydrogens (primary N) is 1. The summed E-state index contributed by atoms with van der Waals surface area (Å²) in [5, 5.41) is 2.30. The summed E-state index contributed by atoms with van der Waals surface area (Å²) in [7, 11) is 0. The average molecular weight is 460 g/mol. The topological polar surface area (TPSA) is 128 Å². The van der Waals surface area contributed by atoms with Gasteiger partial charge in [-0.2, -0.15) is 0 Å². The van der Waals surface area contributed by atoms with Crippen molar-refractivity contribution in [2.75, 3.05) is 0 Å². The summed E-state index contributed by atoms with van der Waals surface area (Å²) in [6.07, 6.45) is -1.09. The Balaban J connectivity index is 1.44. The number of nitrogens with zero attached hydrogens (tertiary/aromatic N) is 1. The van der Waals surface area contributed by atoms with Gasteiger partial charge in [0.2, 0.25) is 11.8 Å². The Labute approximate surface area is 189 Å². The van der Waals surface area contributed by atoms with E-state index < -0.39 is 52.4 Å². The van der Waals surface area contributed by atoms with Crippen molar-refractivity contribution in [2.24, 2.45) is 5.73 Å². The lowest BCUT2D eigenvalue weighted by molar-refractivity contribution is -0.183. The largest absolute Gasteiger partial charge is 0.419 e.